The Bertz CT molecular complexity index is 1060. The summed E-state index contributed by atoms with van der Waals surface area (Å²) in [5.41, 5.74) is 4.42. The van der Waals surface area contributed by atoms with Crippen LogP contribution in [0.5, 0.6) is 0 Å². The first-order chi connectivity index (χ1) is 14.0. The highest BCUT2D eigenvalue weighted by Gasteiger charge is 2.27. The number of benzene rings is 2. The normalized spacial score (nSPS) is 12.7. The number of nitrogens with zero attached hydrogens (tertiary/aromatic N) is 3. The van der Waals surface area contributed by atoms with Crippen LogP contribution in [0.4, 0.5) is 11.4 Å². The minimum absolute atomic E-state index is 0.179. The Morgan fingerprint density at radius 2 is 1.59 bits per heavy atom. The van der Waals surface area contributed by atoms with Crippen molar-refractivity contribution < 1.29 is 14.3 Å². The Kier molecular flexibility index (Phi) is 5.11. The number of hydrogen-bond donors (Lipinski definition) is 0. The van der Waals surface area contributed by atoms with Crippen LogP contribution >= 0.6 is 11.6 Å². The van der Waals surface area contributed by atoms with Crippen LogP contribution in [0.3, 0.4) is 0 Å². The zero-order valence-electron chi connectivity index (χ0n) is 16.2. The van der Waals surface area contributed by atoms with Crippen LogP contribution in [0, 0.1) is 6.92 Å². The molecule has 29 heavy (non-hydrogen) atoms. The van der Waals surface area contributed by atoms with E-state index >= 15 is 0 Å². The van der Waals surface area contributed by atoms with E-state index in [0.29, 0.717) is 5.69 Å². The molecular weight excluding hydrogens is 390 g/mol. The Balaban J connectivity index is 1.62. The third-order valence-corrected chi connectivity index (χ3v) is 5.49. The maximum Gasteiger partial charge on any atom is 0.343 e. The molecule has 0 bridgehead atoms. The maximum absolute atomic E-state index is 13.2. The van der Waals surface area contributed by atoms with Crippen LogP contribution in [0.15, 0.2) is 48.5 Å². The van der Waals surface area contributed by atoms with E-state index in [1.165, 1.54) is 4.68 Å². The van der Waals surface area contributed by atoms with Gasteiger partial charge in [-0.1, -0.05) is 48.0 Å². The molecule has 0 unspecified atom stereocenters. The van der Waals surface area contributed by atoms with Crippen molar-refractivity contribution in [2.24, 2.45) is 7.05 Å². The van der Waals surface area contributed by atoms with Gasteiger partial charge in [-0.15, -0.1) is 0 Å². The molecule has 0 N–H and O–H groups in total. The lowest BCUT2D eigenvalue weighted by atomic mass is 10.0. The molecule has 0 saturated heterocycles. The minimum Gasteiger partial charge on any atom is -0.452 e. The van der Waals surface area contributed by atoms with Crippen LogP contribution in [0.25, 0.3) is 0 Å². The highest BCUT2D eigenvalue weighted by atomic mass is 35.5. The van der Waals surface area contributed by atoms with Crippen molar-refractivity contribution in [3.8, 4) is 0 Å². The molecule has 6 nitrogen and oxygen atoms in total. The van der Waals surface area contributed by atoms with Crippen molar-refractivity contribution in [1.82, 2.24) is 9.78 Å². The van der Waals surface area contributed by atoms with Crippen molar-refractivity contribution in [2.75, 3.05) is 11.5 Å². The Morgan fingerprint density at radius 3 is 2.10 bits per heavy atom. The average Bonchev–Trinajstić information content (AvgIpc) is 2.88. The van der Waals surface area contributed by atoms with Crippen molar-refractivity contribution in [2.45, 2.75) is 19.8 Å². The summed E-state index contributed by atoms with van der Waals surface area (Å²) in [6.45, 7) is 1.28. The fourth-order valence-corrected chi connectivity index (χ4v) is 3.93. The number of carbonyl (C=O) groups is 2. The number of fused-ring (bicyclic) bond motifs is 2. The Labute approximate surface area is 173 Å². The molecule has 1 aliphatic rings. The number of aromatic nitrogens is 2. The number of hydrogen-bond acceptors (Lipinski definition) is 4. The number of para-hydroxylation sites is 2. The van der Waals surface area contributed by atoms with Crippen LogP contribution in [0.1, 0.15) is 27.2 Å². The van der Waals surface area contributed by atoms with Gasteiger partial charge in [0.15, 0.2) is 6.61 Å². The maximum atomic E-state index is 13.2. The molecule has 0 radical (unpaired) electrons. The third-order valence-electron chi connectivity index (χ3n) is 5.06. The lowest BCUT2D eigenvalue weighted by Gasteiger charge is -2.24. The molecule has 0 fully saturated rings. The van der Waals surface area contributed by atoms with E-state index in [4.69, 9.17) is 16.3 Å². The van der Waals surface area contributed by atoms with Gasteiger partial charge in [0.2, 0.25) is 0 Å². The van der Waals surface area contributed by atoms with Gasteiger partial charge in [-0.2, -0.15) is 5.10 Å². The zero-order chi connectivity index (χ0) is 20.5. The number of amides is 1. The van der Waals surface area contributed by atoms with Gasteiger partial charge in [-0.05, 0) is 43.0 Å². The predicted octanol–water partition coefficient (Wildman–Crippen LogP) is 4.00. The molecule has 148 valence electrons. The topological polar surface area (TPSA) is 64.4 Å². The molecule has 7 heteroatoms. The van der Waals surface area contributed by atoms with E-state index in [9.17, 15) is 9.59 Å². The molecule has 2 aromatic carbocycles. The third kappa shape index (κ3) is 3.51. The molecule has 1 amide bonds. The molecule has 4 rings (SSSR count). The Morgan fingerprint density at radius 1 is 1.03 bits per heavy atom. The van der Waals surface area contributed by atoms with E-state index in [1.807, 2.05) is 48.5 Å². The van der Waals surface area contributed by atoms with Gasteiger partial charge in [-0.3, -0.25) is 14.4 Å². The lowest BCUT2D eigenvalue weighted by Crippen LogP contribution is -2.31. The number of aryl methyl sites for hydroxylation is 4. The van der Waals surface area contributed by atoms with Crippen LogP contribution in [-0.4, -0.2) is 28.3 Å². The van der Waals surface area contributed by atoms with Crippen LogP contribution in [0.2, 0.25) is 5.15 Å². The van der Waals surface area contributed by atoms with Crippen molar-refractivity contribution in [3.63, 3.8) is 0 Å². The number of rotatable bonds is 3. The average molecular weight is 410 g/mol. The number of esters is 1. The van der Waals surface area contributed by atoms with E-state index in [1.54, 1.807) is 18.9 Å². The highest BCUT2D eigenvalue weighted by molar-refractivity contribution is 6.32. The minimum atomic E-state index is -0.662. The van der Waals surface area contributed by atoms with E-state index in [2.05, 4.69) is 5.10 Å². The quantitative estimate of drug-likeness (QED) is 0.613. The molecule has 0 spiro atoms. The smallest absolute Gasteiger partial charge is 0.343 e. The summed E-state index contributed by atoms with van der Waals surface area (Å²) in [6.07, 6.45) is 1.67. The van der Waals surface area contributed by atoms with Crippen molar-refractivity contribution >= 4 is 34.9 Å². The van der Waals surface area contributed by atoms with Gasteiger partial charge in [0.25, 0.3) is 5.91 Å². The summed E-state index contributed by atoms with van der Waals surface area (Å²) in [6, 6.07) is 15.6. The molecule has 1 aromatic heterocycles. The van der Waals surface area contributed by atoms with Crippen LogP contribution in [-0.2, 0) is 29.4 Å². The molecule has 0 aliphatic carbocycles. The molecule has 3 aromatic rings. The number of halogens is 1. The van der Waals surface area contributed by atoms with E-state index < -0.39 is 12.6 Å². The summed E-state index contributed by atoms with van der Waals surface area (Å²) in [4.78, 5) is 27.3. The summed E-state index contributed by atoms with van der Waals surface area (Å²) in [5, 5.41) is 4.29. The first-order valence-corrected chi connectivity index (χ1v) is 9.70. The van der Waals surface area contributed by atoms with Gasteiger partial charge in [0.05, 0.1) is 17.1 Å². The standard InChI is InChI=1S/C22H20ClN3O3/c1-14-20(21(23)25(2)24-14)22(28)29-13-19(27)26-17-9-5-3-7-15(17)11-12-16-8-4-6-10-18(16)26/h3-10H,11-13H2,1-2H3. The molecule has 1 aliphatic heterocycles. The monoisotopic (exact) mass is 409 g/mol. The van der Waals surface area contributed by atoms with Crippen molar-refractivity contribution in [3.05, 3.63) is 76.1 Å². The first kappa shape index (κ1) is 19.2. The van der Waals surface area contributed by atoms with E-state index in [0.717, 1.165) is 35.3 Å². The molecule has 2 heterocycles. The van der Waals surface area contributed by atoms with Gasteiger partial charge in [0, 0.05) is 7.05 Å². The first-order valence-electron chi connectivity index (χ1n) is 9.32. The molecule has 0 atom stereocenters. The van der Waals surface area contributed by atoms with Gasteiger partial charge >= 0.3 is 5.97 Å². The lowest BCUT2D eigenvalue weighted by molar-refractivity contribution is -0.120. The SMILES string of the molecule is Cc1nn(C)c(Cl)c1C(=O)OCC(=O)N1c2ccccc2CCc2ccccc21. The summed E-state index contributed by atoms with van der Waals surface area (Å²) < 4.78 is 6.72. The fraction of sp³-hybridized carbons (Fsp3) is 0.227. The zero-order valence-corrected chi connectivity index (χ0v) is 16.9. The predicted molar refractivity (Wildman–Crippen MR) is 111 cm³/mol. The summed E-state index contributed by atoms with van der Waals surface area (Å²) in [5.74, 6) is -0.983. The number of anilines is 2. The second-order valence-corrected chi connectivity index (χ2v) is 7.30. The second kappa shape index (κ2) is 7.72. The summed E-state index contributed by atoms with van der Waals surface area (Å²) >= 11 is 6.13. The summed E-state index contributed by atoms with van der Waals surface area (Å²) in [7, 11) is 1.64. The largest absolute Gasteiger partial charge is 0.452 e. The van der Waals surface area contributed by atoms with Gasteiger partial charge in [-0.25, -0.2) is 4.79 Å². The van der Waals surface area contributed by atoms with E-state index in [-0.39, 0.29) is 16.6 Å². The van der Waals surface area contributed by atoms with Crippen LogP contribution < -0.4 is 4.90 Å². The Hall–Kier alpha value is -3.12. The second-order valence-electron chi connectivity index (χ2n) is 6.94. The highest BCUT2D eigenvalue weighted by Crippen LogP contribution is 2.36. The molecule has 0 saturated carbocycles. The van der Waals surface area contributed by atoms with Gasteiger partial charge < -0.3 is 4.74 Å². The van der Waals surface area contributed by atoms with Gasteiger partial charge in [0.1, 0.15) is 10.7 Å². The fourth-order valence-electron chi connectivity index (χ4n) is 3.67. The molecular formula is C22H20ClN3O3. The van der Waals surface area contributed by atoms with Crippen molar-refractivity contribution in [1.29, 1.82) is 0 Å². The number of carbonyl (C=O) groups excluding carboxylic acids is 2. The number of ether oxygens (including phenoxy) is 1.